The van der Waals surface area contributed by atoms with Gasteiger partial charge in [-0.15, -0.1) is 0 Å². The lowest BCUT2D eigenvalue weighted by Gasteiger charge is -2.42. The Morgan fingerprint density at radius 3 is 2.08 bits per heavy atom. The SMILES string of the molecule is [CH-][N+](CC)(CC)Cc1ccccc1. The van der Waals surface area contributed by atoms with Crippen LogP contribution in [-0.2, 0) is 6.54 Å². The molecule has 0 aliphatic carbocycles. The van der Waals surface area contributed by atoms with E-state index in [2.05, 4.69) is 38.1 Å². The number of hydrogen-bond donors (Lipinski definition) is 0. The number of rotatable bonds is 4. The lowest BCUT2D eigenvalue weighted by atomic mass is 10.2. The Morgan fingerprint density at radius 1 is 1.08 bits per heavy atom. The molecule has 0 unspecified atom stereocenters. The van der Waals surface area contributed by atoms with E-state index in [-0.39, 0.29) is 0 Å². The monoisotopic (exact) mass is 176 g/mol. The van der Waals surface area contributed by atoms with Crippen LogP contribution >= 0.6 is 0 Å². The average Bonchev–Trinajstić information content (AvgIpc) is 2.19. The summed E-state index contributed by atoms with van der Waals surface area (Å²) in [6.45, 7) is 7.14. The third-order valence-corrected chi connectivity index (χ3v) is 2.60. The van der Waals surface area contributed by atoms with Crippen molar-refractivity contribution in [1.29, 1.82) is 0 Å². The molecule has 0 atom stereocenters. The highest BCUT2D eigenvalue weighted by Crippen LogP contribution is 2.11. The number of benzene rings is 1. The molecule has 0 saturated heterocycles. The van der Waals surface area contributed by atoms with Gasteiger partial charge in [-0.1, -0.05) is 30.3 Å². The van der Waals surface area contributed by atoms with E-state index in [0.29, 0.717) is 4.48 Å². The molecule has 0 N–H and O–H groups in total. The molecule has 1 radical (unpaired) electrons. The fourth-order valence-electron chi connectivity index (χ4n) is 1.39. The van der Waals surface area contributed by atoms with Gasteiger partial charge in [0.25, 0.3) is 0 Å². The van der Waals surface area contributed by atoms with E-state index in [4.69, 9.17) is 7.05 Å². The van der Waals surface area contributed by atoms with Gasteiger partial charge in [-0.3, -0.25) is 0 Å². The molecule has 71 valence electrons. The molecule has 0 aromatic heterocycles. The first-order valence-electron chi connectivity index (χ1n) is 4.89. The first kappa shape index (κ1) is 10.3. The molecule has 1 heteroatoms. The zero-order valence-electron chi connectivity index (χ0n) is 8.53. The minimum Gasteiger partial charge on any atom is -0.473 e. The lowest BCUT2D eigenvalue weighted by molar-refractivity contribution is -0.895. The van der Waals surface area contributed by atoms with Gasteiger partial charge >= 0.3 is 0 Å². The number of hydrogen-bond acceptors (Lipinski definition) is 0. The smallest absolute Gasteiger partial charge is 0.0787 e. The summed E-state index contributed by atoms with van der Waals surface area (Å²) in [5, 5.41) is 0. The van der Waals surface area contributed by atoms with Crippen LogP contribution in [0.25, 0.3) is 0 Å². The molecule has 1 rings (SSSR count). The van der Waals surface area contributed by atoms with E-state index in [1.165, 1.54) is 5.56 Å². The van der Waals surface area contributed by atoms with Crippen LogP contribution in [-0.4, -0.2) is 17.6 Å². The van der Waals surface area contributed by atoms with Gasteiger partial charge in [-0.2, -0.15) is 0 Å². The second-order valence-electron chi connectivity index (χ2n) is 3.49. The quantitative estimate of drug-likeness (QED) is 0.489. The van der Waals surface area contributed by atoms with Gasteiger partial charge in [0.05, 0.1) is 19.6 Å². The average molecular weight is 176 g/mol. The molecule has 0 spiro atoms. The molecule has 0 fully saturated rings. The van der Waals surface area contributed by atoms with Crippen molar-refractivity contribution in [3.05, 3.63) is 42.9 Å². The van der Waals surface area contributed by atoms with Crippen molar-refractivity contribution in [2.45, 2.75) is 20.4 Å². The van der Waals surface area contributed by atoms with E-state index < -0.39 is 0 Å². The minimum atomic E-state index is 0.629. The van der Waals surface area contributed by atoms with E-state index in [1.54, 1.807) is 0 Å². The summed E-state index contributed by atoms with van der Waals surface area (Å²) >= 11 is 0. The van der Waals surface area contributed by atoms with Crippen LogP contribution in [0.15, 0.2) is 30.3 Å². The molecule has 1 aromatic rings. The second kappa shape index (κ2) is 4.43. The Bertz CT molecular complexity index is 237. The van der Waals surface area contributed by atoms with Gasteiger partial charge < -0.3 is 4.48 Å². The van der Waals surface area contributed by atoms with Gasteiger partial charge in [0, 0.05) is 5.56 Å². The Hall–Kier alpha value is -0.820. The van der Waals surface area contributed by atoms with Crippen LogP contribution in [0.5, 0.6) is 0 Å². The zero-order valence-corrected chi connectivity index (χ0v) is 8.53. The minimum absolute atomic E-state index is 0.629. The van der Waals surface area contributed by atoms with Crippen LogP contribution in [0, 0.1) is 7.05 Å². The topological polar surface area (TPSA) is 0 Å². The maximum atomic E-state index is 6.17. The molecule has 0 heterocycles. The van der Waals surface area contributed by atoms with Gasteiger partial charge in [0.1, 0.15) is 0 Å². The Labute approximate surface area is 81.6 Å². The maximum absolute atomic E-state index is 6.17. The number of nitrogens with zero attached hydrogens (tertiary/aromatic N) is 1. The highest BCUT2D eigenvalue weighted by molar-refractivity contribution is 5.13. The van der Waals surface area contributed by atoms with Gasteiger partial charge in [-0.05, 0) is 13.8 Å². The van der Waals surface area contributed by atoms with Crippen LogP contribution in [0.1, 0.15) is 19.4 Å². The summed E-state index contributed by atoms with van der Waals surface area (Å²) in [5.41, 5.74) is 1.31. The lowest BCUT2D eigenvalue weighted by Crippen LogP contribution is -2.40. The first-order valence-corrected chi connectivity index (χ1v) is 4.89. The fourth-order valence-corrected chi connectivity index (χ4v) is 1.39. The van der Waals surface area contributed by atoms with Crippen molar-refractivity contribution >= 4 is 0 Å². The van der Waals surface area contributed by atoms with E-state index in [1.807, 2.05) is 6.07 Å². The Morgan fingerprint density at radius 2 is 1.62 bits per heavy atom. The second-order valence-corrected chi connectivity index (χ2v) is 3.49. The van der Waals surface area contributed by atoms with Gasteiger partial charge in [0.2, 0.25) is 0 Å². The molecule has 1 nitrogen and oxygen atoms in total. The van der Waals surface area contributed by atoms with Crippen molar-refractivity contribution in [3.63, 3.8) is 0 Å². The zero-order chi connectivity index (χ0) is 9.73. The third-order valence-electron chi connectivity index (χ3n) is 2.60. The number of quaternary nitrogens is 1. The van der Waals surface area contributed by atoms with Crippen molar-refractivity contribution in [2.24, 2.45) is 0 Å². The van der Waals surface area contributed by atoms with Gasteiger partial charge in [0.15, 0.2) is 0 Å². The highest BCUT2D eigenvalue weighted by atomic mass is 15.3. The van der Waals surface area contributed by atoms with Crippen LogP contribution < -0.4 is 0 Å². The molecular formula is C12H18N. The molecule has 0 bridgehead atoms. The molecule has 13 heavy (non-hydrogen) atoms. The maximum Gasteiger partial charge on any atom is 0.0787 e. The third kappa shape index (κ3) is 2.85. The van der Waals surface area contributed by atoms with Crippen molar-refractivity contribution < 1.29 is 4.48 Å². The normalized spacial score (nSPS) is 11.6. The van der Waals surface area contributed by atoms with E-state index in [9.17, 15) is 0 Å². The molecule has 0 aliphatic heterocycles. The van der Waals surface area contributed by atoms with E-state index >= 15 is 0 Å². The molecule has 0 aliphatic rings. The van der Waals surface area contributed by atoms with Crippen LogP contribution in [0.4, 0.5) is 0 Å². The van der Waals surface area contributed by atoms with Crippen molar-refractivity contribution in [2.75, 3.05) is 13.1 Å². The summed E-state index contributed by atoms with van der Waals surface area (Å²) in [7, 11) is 6.17. The van der Waals surface area contributed by atoms with Crippen molar-refractivity contribution in [1.82, 2.24) is 0 Å². The van der Waals surface area contributed by atoms with E-state index in [0.717, 1.165) is 19.6 Å². The molecule has 1 aromatic carbocycles. The first-order chi connectivity index (χ1) is 6.20. The summed E-state index contributed by atoms with van der Waals surface area (Å²) in [5.74, 6) is 0. The highest BCUT2D eigenvalue weighted by Gasteiger charge is 2.08. The molecule has 0 saturated carbocycles. The summed E-state index contributed by atoms with van der Waals surface area (Å²) in [4.78, 5) is 0. The predicted octanol–water partition coefficient (Wildman–Crippen LogP) is 2.71. The summed E-state index contributed by atoms with van der Waals surface area (Å²) in [6, 6.07) is 10.4. The Kier molecular flexibility index (Phi) is 3.49. The summed E-state index contributed by atoms with van der Waals surface area (Å²) < 4.78 is 0.629. The molecular weight excluding hydrogens is 158 g/mol. The Balaban J connectivity index is 2.68. The van der Waals surface area contributed by atoms with Crippen LogP contribution in [0.3, 0.4) is 0 Å². The van der Waals surface area contributed by atoms with Gasteiger partial charge in [-0.25, -0.2) is 7.05 Å². The van der Waals surface area contributed by atoms with Crippen LogP contribution in [0.2, 0.25) is 0 Å². The summed E-state index contributed by atoms with van der Waals surface area (Å²) in [6.07, 6.45) is 0. The predicted molar refractivity (Wildman–Crippen MR) is 55.8 cm³/mol. The van der Waals surface area contributed by atoms with Crippen molar-refractivity contribution in [3.8, 4) is 0 Å². The fraction of sp³-hybridized carbons (Fsp3) is 0.417. The standard InChI is InChI=1S/C12H18N/c1-4-13(3,5-2)11-12-9-7-6-8-10-12/h3,6-10H,4-5,11H2,1-2H3. The largest absolute Gasteiger partial charge is 0.473 e. The molecule has 0 amide bonds.